The Hall–Kier alpha value is -1.89. The van der Waals surface area contributed by atoms with E-state index in [-0.39, 0.29) is 5.91 Å². The van der Waals surface area contributed by atoms with Crippen molar-refractivity contribution < 1.29 is 4.79 Å². The highest BCUT2D eigenvalue weighted by Crippen LogP contribution is 2.25. The van der Waals surface area contributed by atoms with Crippen molar-refractivity contribution in [3.63, 3.8) is 0 Å². The zero-order chi connectivity index (χ0) is 16.9. The predicted octanol–water partition coefficient (Wildman–Crippen LogP) is 4.76. The van der Waals surface area contributed by atoms with Gasteiger partial charge in [0.1, 0.15) is 5.03 Å². The second kappa shape index (κ2) is 7.79. The zero-order valence-electron chi connectivity index (χ0n) is 12.8. The molecule has 2 heterocycles. The molecule has 24 heavy (non-hydrogen) atoms. The van der Waals surface area contributed by atoms with Crippen LogP contribution in [0.1, 0.15) is 20.8 Å². The van der Waals surface area contributed by atoms with Crippen molar-refractivity contribution in [1.29, 1.82) is 0 Å². The van der Waals surface area contributed by atoms with Crippen LogP contribution in [0.5, 0.6) is 0 Å². The number of benzene rings is 1. The minimum atomic E-state index is -0.203. The number of carbonyl (C=O) groups is 1. The molecular weight excluding hydrogens is 362 g/mol. The summed E-state index contributed by atoms with van der Waals surface area (Å²) < 4.78 is 0. The fourth-order valence-corrected chi connectivity index (χ4v) is 3.75. The van der Waals surface area contributed by atoms with Gasteiger partial charge in [0.2, 0.25) is 0 Å². The fourth-order valence-electron chi connectivity index (χ4n) is 2.17. The maximum absolute atomic E-state index is 12.4. The molecule has 0 unspecified atom stereocenters. The molecular formula is C17H14ClN3OS2. The van der Waals surface area contributed by atoms with Crippen LogP contribution in [0.4, 0.5) is 5.13 Å². The number of hydrogen-bond donors (Lipinski definition) is 1. The van der Waals surface area contributed by atoms with Gasteiger partial charge in [-0.1, -0.05) is 29.8 Å². The molecule has 0 atom stereocenters. The molecule has 0 aliphatic rings. The van der Waals surface area contributed by atoms with E-state index in [1.54, 1.807) is 24.5 Å². The highest BCUT2D eigenvalue weighted by molar-refractivity contribution is 7.98. The Morgan fingerprint density at radius 2 is 2.08 bits per heavy atom. The molecule has 0 radical (unpaired) electrons. The number of hydrogen-bond acceptors (Lipinski definition) is 5. The molecule has 122 valence electrons. The number of pyridine rings is 1. The van der Waals surface area contributed by atoms with E-state index in [9.17, 15) is 4.79 Å². The van der Waals surface area contributed by atoms with Crippen LogP contribution in [-0.2, 0) is 6.42 Å². The van der Waals surface area contributed by atoms with E-state index in [1.807, 2.05) is 30.5 Å². The van der Waals surface area contributed by atoms with Crippen molar-refractivity contribution in [2.45, 2.75) is 11.4 Å². The van der Waals surface area contributed by atoms with Crippen LogP contribution in [0.25, 0.3) is 0 Å². The first-order chi connectivity index (χ1) is 11.7. The zero-order valence-corrected chi connectivity index (χ0v) is 15.2. The highest BCUT2D eigenvalue weighted by atomic mass is 35.5. The van der Waals surface area contributed by atoms with Crippen molar-refractivity contribution >= 4 is 45.7 Å². The summed E-state index contributed by atoms with van der Waals surface area (Å²) in [5.74, 6) is -0.203. The lowest BCUT2D eigenvalue weighted by atomic mass is 10.1. The number of anilines is 1. The minimum Gasteiger partial charge on any atom is -0.298 e. The van der Waals surface area contributed by atoms with E-state index in [2.05, 4.69) is 15.3 Å². The Bertz CT molecular complexity index is 866. The summed E-state index contributed by atoms with van der Waals surface area (Å²) >= 11 is 9.07. The number of rotatable bonds is 5. The Morgan fingerprint density at radius 1 is 1.25 bits per heavy atom. The first kappa shape index (κ1) is 17.0. The van der Waals surface area contributed by atoms with Gasteiger partial charge in [-0.15, -0.1) is 23.1 Å². The van der Waals surface area contributed by atoms with E-state index in [0.29, 0.717) is 22.1 Å². The number of nitrogens with zero attached hydrogens (tertiary/aromatic N) is 2. The minimum absolute atomic E-state index is 0.203. The van der Waals surface area contributed by atoms with Gasteiger partial charge in [-0.2, -0.15) is 0 Å². The van der Waals surface area contributed by atoms with Crippen molar-refractivity contribution in [3.8, 4) is 0 Å². The highest BCUT2D eigenvalue weighted by Gasteiger charge is 2.14. The summed E-state index contributed by atoms with van der Waals surface area (Å²) in [6, 6.07) is 11.2. The first-order valence-corrected chi connectivity index (χ1v) is 9.58. The van der Waals surface area contributed by atoms with Crippen LogP contribution in [0, 0.1) is 0 Å². The predicted molar refractivity (Wildman–Crippen MR) is 100 cm³/mol. The number of thiazole rings is 1. The van der Waals surface area contributed by atoms with Gasteiger partial charge >= 0.3 is 0 Å². The summed E-state index contributed by atoms with van der Waals surface area (Å²) in [5.41, 5.74) is 1.59. The Labute approximate surface area is 153 Å². The van der Waals surface area contributed by atoms with Gasteiger partial charge in [0.25, 0.3) is 5.91 Å². The van der Waals surface area contributed by atoms with Gasteiger partial charge in [0.05, 0.1) is 5.56 Å². The molecule has 4 nitrogen and oxygen atoms in total. The van der Waals surface area contributed by atoms with Crippen molar-refractivity contribution in [2.75, 3.05) is 11.6 Å². The van der Waals surface area contributed by atoms with Gasteiger partial charge in [-0.3, -0.25) is 10.1 Å². The van der Waals surface area contributed by atoms with Crippen LogP contribution >= 0.6 is 34.7 Å². The Morgan fingerprint density at radius 3 is 2.88 bits per heavy atom. The molecule has 0 saturated heterocycles. The van der Waals surface area contributed by atoms with E-state index in [1.165, 1.54) is 23.1 Å². The van der Waals surface area contributed by atoms with Gasteiger partial charge in [-0.25, -0.2) is 9.97 Å². The fraction of sp³-hybridized carbons (Fsp3) is 0.118. The molecule has 0 spiro atoms. The summed E-state index contributed by atoms with van der Waals surface area (Å²) in [6.07, 6.45) is 6.02. The molecule has 0 fully saturated rings. The van der Waals surface area contributed by atoms with E-state index in [0.717, 1.165) is 15.5 Å². The van der Waals surface area contributed by atoms with Crippen LogP contribution in [0.15, 0.2) is 53.8 Å². The standard InChI is InChI=1S/C17H14ClN3OS2/c1-23-16-13(6-4-8-19-16)15(22)21-17-20-10-12(24-17)9-11-5-2-3-7-14(11)18/h2-8,10H,9H2,1H3,(H,20,21,22). The first-order valence-electron chi connectivity index (χ1n) is 7.16. The SMILES string of the molecule is CSc1ncccc1C(=O)Nc1ncc(Cc2ccccc2Cl)s1. The van der Waals surface area contributed by atoms with Crippen molar-refractivity contribution in [1.82, 2.24) is 9.97 Å². The summed E-state index contributed by atoms with van der Waals surface area (Å²) in [7, 11) is 0. The maximum Gasteiger partial charge on any atom is 0.260 e. The van der Waals surface area contributed by atoms with Crippen LogP contribution in [0.2, 0.25) is 5.02 Å². The number of thioether (sulfide) groups is 1. The molecule has 1 N–H and O–H groups in total. The van der Waals surface area contributed by atoms with Gasteiger partial charge in [-0.05, 0) is 30.0 Å². The van der Waals surface area contributed by atoms with Crippen LogP contribution in [0.3, 0.4) is 0 Å². The molecule has 0 aliphatic carbocycles. The molecule has 1 amide bonds. The molecule has 3 aromatic rings. The summed E-state index contributed by atoms with van der Waals surface area (Å²) in [4.78, 5) is 21.9. The number of halogens is 1. The Kier molecular flexibility index (Phi) is 5.50. The average Bonchev–Trinajstić information content (AvgIpc) is 3.04. The number of aromatic nitrogens is 2. The third-order valence-corrected chi connectivity index (χ3v) is 5.30. The van der Waals surface area contributed by atoms with E-state index < -0.39 is 0 Å². The van der Waals surface area contributed by atoms with Crippen LogP contribution < -0.4 is 5.32 Å². The van der Waals surface area contributed by atoms with Crippen molar-refractivity contribution in [3.05, 3.63) is 69.8 Å². The number of nitrogens with one attached hydrogen (secondary N) is 1. The van der Waals surface area contributed by atoms with Gasteiger partial charge < -0.3 is 0 Å². The maximum atomic E-state index is 12.4. The summed E-state index contributed by atoms with van der Waals surface area (Å²) in [6.45, 7) is 0. The second-order valence-electron chi connectivity index (χ2n) is 4.91. The molecule has 3 rings (SSSR count). The van der Waals surface area contributed by atoms with Gasteiger partial charge in [0, 0.05) is 28.7 Å². The largest absolute Gasteiger partial charge is 0.298 e. The molecule has 7 heteroatoms. The van der Waals surface area contributed by atoms with E-state index in [4.69, 9.17) is 11.6 Å². The van der Waals surface area contributed by atoms with Crippen LogP contribution in [-0.4, -0.2) is 22.1 Å². The monoisotopic (exact) mass is 375 g/mol. The Balaban J connectivity index is 1.72. The van der Waals surface area contributed by atoms with Crippen molar-refractivity contribution in [2.24, 2.45) is 0 Å². The quantitative estimate of drug-likeness (QED) is 0.653. The molecule has 2 aromatic heterocycles. The molecule has 1 aromatic carbocycles. The lowest BCUT2D eigenvalue weighted by Crippen LogP contribution is -2.13. The number of carbonyl (C=O) groups excluding carboxylic acids is 1. The second-order valence-corrected chi connectivity index (χ2v) is 7.23. The smallest absolute Gasteiger partial charge is 0.260 e. The third kappa shape index (κ3) is 3.95. The lowest BCUT2D eigenvalue weighted by molar-refractivity contribution is 0.102. The third-order valence-electron chi connectivity index (χ3n) is 3.31. The van der Waals surface area contributed by atoms with Gasteiger partial charge in [0.15, 0.2) is 5.13 Å². The lowest BCUT2D eigenvalue weighted by Gasteiger charge is -2.05. The molecule has 0 saturated carbocycles. The van der Waals surface area contributed by atoms with E-state index >= 15 is 0 Å². The topological polar surface area (TPSA) is 54.9 Å². The molecule has 0 aliphatic heterocycles. The molecule has 0 bridgehead atoms. The number of amides is 1. The normalized spacial score (nSPS) is 10.6. The summed E-state index contributed by atoms with van der Waals surface area (Å²) in [5, 5.41) is 4.83. The average molecular weight is 376 g/mol.